The van der Waals surface area contributed by atoms with Gasteiger partial charge in [-0.2, -0.15) is 0 Å². The maximum atomic E-state index is 12.4. The van der Waals surface area contributed by atoms with Gasteiger partial charge in [0.1, 0.15) is 0 Å². The Balaban J connectivity index is 1.55. The van der Waals surface area contributed by atoms with E-state index in [0.717, 1.165) is 23.5 Å². The molecular formula is C24H24ClN5O3S. The number of rotatable bonds is 11. The Morgan fingerprint density at radius 1 is 1.21 bits per heavy atom. The molecule has 0 spiro atoms. The Kier molecular flexibility index (Phi) is 7.89. The van der Waals surface area contributed by atoms with Gasteiger partial charge in [0.2, 0.25) is 0 Å². The van der Waals surface area contributed by atoms with Crippen molar-refractivity contribution >= 4 is 34.4 Å². The summed E-state index contributed by atoms with van der Waals surface area (Å²) in [6.45, 7) is 1.32. The number of aryl methyl sites for hydroxylation is 1. The van der Waals surface area contributed by atoms with Crippen LogP contribution in [0.15, 0.2) is 65.7 Å². The smallest absolute Gasteiger partial charge is 0.255 e. The average Bonchev–Trinajstić information content (AvgIpc) is 3.50. The number of halogens is 1. The molecule has 4 aromatic rings. The largest absolute Gasteiger partial charge is 0.385 e. The molecule has 1 aromatic carbocycles. The highest BCUT2D eigenvalue weighted by Gasteiger charge is 2.13. The van der Waals surface area contributed by atoms with E-state index in [1.807, 2.05) is 30.5 Å². The summed E-state index contributed by atoms with van der Waals surface area (Å²) in [5.74, 6) is 0.0320. The number of anilines is 1. The molecule has 3 heterocycles. The third kappa shape index (κ3) is 5.80. The quantitative estimate of drug-likeness (QED) is 0.244. The first kappa shape index (κ1) is 23.9. The second-order valence-electron chi connectivity index (χ2n) is 7.56. The van der Waals surface area contributed by atoms with E-state index in [4.69, 9.17) is 16.3 Å². The summed E-state index contributed by atoms with van der Waals surface area (Å²) >= 11 is 7.21. The van der Waals surface area contributed by atoms with Gasteiger partial charge in [-0.3, -0.25) is 14.2 Å². The highest BCUT2D eigenvalue weighted by molar-refractivity contribution is 7.18. The summed E-state index contributed by atoms with van der Waals surface area (Å²) in [7, 11) is 1.67. The van der Waals surface area contributed by atoms with E-state index in [9.17, 15) is 9.59 Å². The van der Waals surface area contributed by atoms with E-state index >= 15 is 0 Å². The maximum absolute atomic E-state index is 12.4. The summed E-state index contributed by atoms with van der Waals surface area (Å²) in [4.78, 5) is 25.3. The molecule has 0 fully saturated rings. The van der Waals surface area contributed by atoms with Crippen LogP contribution in [0, 0.1) is 0 Å². The fraction of sp³-hybridized carbons (Fsp3) is 0.250. The van der Waals surface area contributed by atoms with Crippen molar-refractivity contribution < 1.29 is 9.53 Å². The Bertz CT molecular complexity index is 1330. The van der Waals surface area contributed by atoms with Crippen molar-refractivity contribution in [2.24, 2.45) is 0 Å². The molecular weight excluding hydrogens is 474 g/mol. The third-order valence-electron chi connectivity index (χ3n) is 5.17. The van der Waals surface area contributed by atoms with Gasteiger partial charge >= 0.3 is 0 Å². The molecule has 0 amide bonds. The van der Waals surface area contributed by atoms with Gasteiger partial charge in [0.05, 0.1) is 38.2 Å². The van der Waals surface area contributed by atoms with E-state index in [2.05, 4.69) is 15.6 Å². The fourth-order valence-corrected chi connectivity index (χ4v) is 4.47. The molecule has 8 nitrogen and oxygen atoms in total. The highest BCUT2D eigenvalue weighted by atomic mass is 35.5. The van der Waals surface area contributed by atoms with E-state index in [1.165, 1.54) is 17.4 Å². The SMILES string of the molecule is COCCCNc1cc(-n2ccccc2=O)ccc1-n1cc(CCC(=O)c2ccc(Cl)s2)nn1. The molecule has 0 bridgehead atoms. The number of nitrogens with one attached hydrogen (secondary N) is 1. The van der Waals surface area contributed by atoms with Crippen molar-refractivity contribution in [3.05, 3.63) is 86.2 Å². The second-order valence-corrected chi connectivity index (χ2v) is 9.28. The number of hydrogen-bond acceptors (Lipinski definition) is 7. The number of ether oxygens (including phenoxy) is 1. The Labute approximate surface area is 205 Å². The summed E-state index contributed by atoms with van der Waals surface area (Å²) in [6, 6.07) is 14.2. The van der Waals surface area contributed by atoms with Crippen LogP contribution >= 0.6 is 22.9 Å². The van der Waals surface area contributed by atoms with Gasteiger partial charge in [0.15, 0.2) is 5.78 Å². The van der Waals surface area contributed by atoms with Crippen LogP contribution in [0.3, 0.4) is 0 Å². The van der Waals surface area contributed by atoms with Crippen LogP contribution in [0.4, 0.5) is 5.69 Å². The van der Waals surface area contributed by atoms with E-state index < -0.39 is 0 Å². The molecule has 0 saturated heterocycles. The summed E-state index contributed by atoms with van der Waals surface area (Å²) in [6.07, 6.45) is 5.18. The monoisotopic (exact) mass is 497 g/mol. The number of benzene rings is 1. The number of Topliss-reactive ketones (excluding diaryl/α,β-unsaturated/α-hetero) is 1. The minimum atomic E-state index is -0.111. The zero-order valence-corrected chi connectivity index (χ0v) is 20.2. The van der Waals surface area contributed by atoms with E-state index in [1.54, 1.807) is 40.8 Å². The predicted molar refractivity (Wildman–Crippen MR) is 134 cm³/mol. The van der Waals surface area contributed by atoms with Crippen molar-refractivity contribution in [1.29, 1.82) is 0 Å². The number of carbonyl (C=O) groups is 1. The number of ketones is 1. The summed E-state index contributed by atoms with van der Waals surface area (Å²) in [5, 5.41) is 11.9. The highest BCUT2D eigenvalue weighted by Crippen LogP contribution is 2.25. The van der Waals surface area contributed by atoms with Crippen molar-refractivity contribution in [2.75, 3.05) is 25.6 Å². The average molecular weight is 498 g/mol. The molecule has 0 aliphatic rings. The summed E-state index contributed by atoms with van der Waals surface area (Å²) in [5.41, 5.74) is 2.94. The van der Waals surface area contributed by atoms with Crippen molar-refractivity contribution in [2.45, 2.75) is 19.3 Å². The van der Waals surface area contributed by atoms with Crippen LogP contribution in [-0.2, 0) is 11.2 Å². The first-order valence-electron chi connectivity index (χ1n) is 10.8. The standard InChI is InChI=1S/C24H24ClN5O3S/c1-33-14-4-12-26-19-15-18(29-13-3-2-5-24(29)32)7-8-20(19)30-16-17(27-28-30)6-9-21(31)22-10-11-23(25)34-22/h2-3,5,7-8,10-11,13,15-16,26H,4,6,9,12,14H2,1H3. The molecule has 0 aliphatic heterocycles. The fourth-order valence-electron chi connectivity index (χ4n) is 3.46. The van der Waals surface area contributed by atoms with Crippen molar-refractivity contribution in [1.82, 2.24) is 19.6 Å². The number of nitrogens with zero attached hydrogens (tertiary/aromatic N) is 4. The Hall–Kier alpha value is -3.27. The van der Waals surface area contributed by atoms with E-state index in [-0.39, 0.29) is 11.3 Å². The van der Waals surface area contributed by atoms with Crippen LogP contribution in [-0.4, -0.2) is 45.6 Å². The van der Waals surface area contributed by atoms with Gasteiger partial charge in [0.25, 0.3) is 5.56 Å². The number of thiophene rings is 1. The lowest BCUT2D eigenvalue weighted by molar-refractivity contribution is 0.0986. The zero-order valence-electron chi connectivity index (χ0n) is 18.6. The molecule has 0 unspecified atom stereocenters. The molecule has 3 aromatic heterocycles. The lowest BCUT2D eigenvalue weighted by Gasteiger charge is -2.14. The number of carbonyl (C=O) groups excluding carboxylic acids is 1. The van der Waals surface area contributed by atoms with Gasteiger partial charge < -0.3 is 10.1 Å². The second kappa shape index (κ2) is 11.2. The normalized spacial score (nSPS) is 11.0. The lowest BCUT2D eigenvalue weighted by atomic mass is 10.1. The lowest BCUT2D eigenvalue weighted by Crippen LogP contribution is -2.16. The zero-order chi connectivity index (χ0) is 23.9. The number of methoxy groups -OCH3 is 1. The number of pyridine rings is 1. The molecule has 0 atom stereocenters. The Morgan fingerprint density at radius 3 is 2.85 bits per heavy atom. The third-order valence-corrected chi connectivity index (χ3v) is 6.44. The number of hydrogen-bond donors (Lipinski definition) is 1. The molecule has 0 radical (unpaired) electrons. The predicted octanol–water partition coefficient (Wildman–Crippen LogP) is 4.40. The molecule has 0 saturated carbocycles. The minimum absolute atomic E-state index is 0.0320. The van der Waals surface area contributed by atoms with Gasteiger partial charge in [-0.15, -0.1) is 16.4 Å². The van der Waals surface area contributed by atoms with Crippen molar-refractivity contribution in [3.63, 3.8) is 0 Å². The topological polar surface area (TPSA) is 91.0 Å². The molecule has 4 rings (SSSR count). The van der Waals surface area contributed by atoms with Gasteiger partial charge in [-0.25, -0.2) is 4.68 Å². The van der Waals surface area contributed by atoms with Crippen LogP contribution in [0.5, 0.6) is 0 Å². The molecule has 34 heavy (non-hydrogen) atoms. The summed E-state index contributed by atoms with van der Waals surface area (Å²) < 4.78 is 9.00. The maximum Gasteiger partial charge on any atom is 0.255 e. The Morgan fingerprint density at radius 2 is 2.09 bits per heavy atom. The number of aromatic nitrogens is 4. The van der Waals surface area contributed by atoms with Crippen molar-refractivity contribution in [3.8, 4) is 11.4 Å². The molecule has 176 valence electrons. The van der Waals surface area contributed by atoms with Gasteiger partial charge in [-0.1, -0.05) is 22.9 Å². The first-order valence-corrected chi connectivity index (χ1v) is 12.0. The molecule has 0 aliphatic carbocycles. The molecule has 10 heteroatoms. The van der Waals surface area contributed by atoms with Crippen LogP contribution in [0.1, 0.15) is 28.2 Å². The molecule has 1 N–H and O–H groups in total. The van der Waals surface area contributed by atoms with E-state index in [0.29, 0.717) is 40.9 Å². The minimum Gasteiger partial charge on any atom is -0.385 e. The van der Waals surface area contributed by atoms with Crippen LogP contribution in [0.2, 0.25) is 4.34 Å². The van der Waals surface area contributed by atoms with Crippen LogP contribution in [0.25, 0.3) is 11.4 Å². The van der Waals surface area contributed by atoms with Crippen LogP contribution < -0.4 is 10.9 Å². The first-order chi connectivity index (χ1) is 16.5. The van der Waals surface area contributed by atoms with Gasteiger partial charge in [0, 0.05) is 45.4 Å². The van der Waals surface area contributed by atoms with Gasteiger partial charge in [-0.05, 0) is 42.8 Å².